The first kappa shape index (κ1) is 13.1. The molecule has 0 N–H and O–H groups in total. The van der Waals surface area contributed by atoms with Crippen LogP contribution < -0.4 is 4.74 Å². The minimum absolute atomic E-state index is 0.0625. The van der Waals surface area contributed by atoms with Gasteiger partial charge in [-0.15, -0.1) is 0 Å². The number of halogens is 2. The Bertz CT molecular complexity index is 557. The van der Waals surface area contributed by atoms with E-state index in [2.05, 4.69) is 20.9 Å². The highest BCUT2D eigenvalue weighted by molar-refractivity contribution is 9.10. The maximum absolute atomic E-state index is 11.8. The van der Waals surface area contributed by atoms with Crippen molar-refractivity contribution in [1.82, 2.24) is 4.98 Å². The van der Waals surface area contributed by atoms with E-state index >= 15 is 0 Å². The molecule has 0 amide bonds. The number of ketones is 1. The number of carbonyl (C=O) groups is 1. The van der Waals surface area contributed by atoms with E-state index in [-0.39, 0.29) is 17.5 Å². The Kier molecular flexibility index (Phi) is 4.33. The van der Waals surface area contributed by atoms with Crippen LogP contribution in [0.15, 0.2) is 47.1 Å². The summed E-state index contributed by atoms with van der Waals surface area (Å²) in [7, 11) is 0. The third-order valence-electron chi connectivity index (χ3n) is 2.25. The zero-order valence-corrected chi connectivity index (χ0v) is 11.6. The lowest BCUT2D eigenvalue weighted by Gasteiger charge is -2.06. The van der Waals surface area contributed by atoms with E-state index in [1.165, 1.54) is 0 Å². The molecule has 0 bridgehead atoms. The molecule has 18 heavy (non-hydrogen) atoms. The minimum atomic E-state index is -0.109. The number of pyridine rings is 1. The van der Waals surface area contributed by atoms with Crippen LogP contribution in [0.25, 0.3) is 0 Å². The average molecular weight is 327 g/mol. The van der Waals surface area contributed by atoms with Crippen molar-refractivity contribution in [3.8, 4) is 5.75 Å². The Balaban J connectivity index is 2.01. The topological polar surface area (TPSA) is 39.2 Å². The van der Waals surface area contributed by atoms with Crippen molar-refractivity contribution in [2.75, 3.05) is 6.61 Å². The summed E-state index contributed by atoms with van der Waals surface area (Å²) < 4.78 is 6.25. The molecule has 1 heterocycles. The van der Waals surface area contributed by atoms with E-state index < -0.39 is 0 Å². The summed E-state index contributed by atoms with van der Waals surface area (Å²) >= 11 is 9.13. The number of nitrogens with zero attached hydrogens (tertiary/aromatic N) is 1. The van der Waals surface area contributed by atoms with E-state index in [0.717, 1.165) is 4.47 Å². The van der Waals surface area contributed by atoms with Gasteiger partial charge in [0.2, 0.25) is 0 Å². The van der Waals surface area contributed by atoms with Crippen molar-refractivity contribution in [2.24, 2.45) is 0 Å². The second kappa shape index (κ2) is 5.98. The summed E-state index contributed by atoms with van der Waals surface area (Å²) in [6.07, 6.45) is 1.56. The Morgan fingerprint density at radius 1 is 1.28 bits per heavy atom. The lowest BCUT2D eigenvalue weighted by atomic mass is 10.1. The van der Waals surface area contributed by atoms with Crippen molar-refractivity contribution in [3.63, 3.8) is 0 Å². The predicted molar refractivity (Wildman–Crippen MR) is 73.2 cm³/mol. The smallest absolute Gasteiger partial charge is 0.200 e. The normalized spacial score (nSPS) is 10.1. The van der Waals surface area contributed by atoms with E-state index in [4.69, 9.17) is 16.3 Å². The van der Waals surface area contributed by atoms with Gasteiger partial charge in [0.1, 0.15) is 0 Å². The van der Waals surface area contributed by atoms with E-state index in [9.17, 15) is 4.79 Å². The first-order chi connectivity index (χ1) is 8.66. The molecule has 0 atom stereocenters. The van der Waals surface area contributed by atoms with Crippen LogP contribution in [0.3, 0.4) is 0 Å². The van der Waals surface area contributed by atoms with Crippen LogP contribution in [0.5, 0.6) is 5.75 Å². The highest BCUT2D eigenvalue weighted by Gasteiger charge is 2.08. The van der Waals surface area contributed by atoms with Crippen molar-refractivity contribution in [3.05, 3.63) is 57.8 Å². The van der Waals surface area contributed by atoms with Gasteiger partial charge in [0, 0.05) is 16.2 Å². The standard InChI is InChI=1S/C13H9BrClNO2/c14-10-5-3-9(4-6-10)11(17)8-18-12-2-1-7-16-13(12)15/h1-7H,8H2. The summed E-state index contributed by atoms with van der Waals surface area (Å²) in [6, 6.07) is 10.5. The molecular formula is C13H9BrClNO2. The number of hydrogen-bond acceptors (Lipinski definition) is 3. The number of benzene rings is 1. The van der Waals surface area contributed by atoms with Gasteiger partial charge in [-0.1, -0.05) is 39.7 Å². The zero-order chi connectivity index (χ0) is 13.0. The maximum Gasteiger partial charge on any atom is 0.200 e. The molecule has 0 radical (unpaired) electrons. The van der Waals surface area contributed by atoms with Gasteiger partial charge in [-0.2, -0.15) is 0 Å². The van der Waals surface area contributed by atoms with Gasteiger partial charge in [-0.3, -0.25) is 4.79 Å². The Morgan fingerprint density at radius 2 is 2.00 bits per heavy atom. The Hall–Kier alpha value is -1.39. The van der Waals surface area contributed by atoms with Gasteiger partial charge < -0.3 is 4.74 Å². The molecule has 2 rings (SSSR count). The second-order valence-corrected chi connectivity index (χ2v) is 4.78. The van der Waals surface area contributed by atoms with Gasteiger partial charge in [-0.25, -0.2) is 4.98 Å². The van der Waals surface area contributed by atoms with Crippen LogP contribution in [0, 0.1) is 0 Å². The fourth-order valence-electron chi connectivity index (χ4n) is 1.34. The molecular weight excluding hydrogens is 318 g/mol. The fourth-order valence-corrected chi connectivity index (χ4v) is 1.78. The molecule has 1 aromatic carbocycles. The molecule has 0 aliphatic carbocycles. The highest BCUT2D eigenvalue weighted by Crippen LogP contribution is 2.20. The molecule has 0 fully saturated rings. The summed E-state index contributed by atoms with van der Waals surface area (Å²) in [4.78, 5) is 15.7. The van der Waals surface area contributed by atoms with Crippen LogP contribution in [0.1, 0.15) is 10.4 Å². The largest absolute Gasteiger partial charge is 0.482 e. The van der Waals surface area contributed by atoms with Crippen LogP contribution in [-0.4, -0.2) is 17.4 Å². The van der Waals surface area contributed by atoms with E-state index in [1.54, 1.807) is 30.5 Å². The lowest BCUT2D eigenvalue weighted by Crippen LogP contribution is -2.11. The number of carbonyl (C=O) groups excluding carboxylic acids is 1. The van der Waals surface area contributed by atoms with Gasteiger partial charge >= 0.3 is 0 Å². The van der Waals surface area contributed by atoms with Crippen LogP contribution in [0.2, 0.25) is 5.15 Å². The van der Waals surface area contributed by atoms with Gasteiger partial charge in [0.25, 0.3) is 0 Å². The number of Topliss-reactive ketones (excluding diaryl/α,β-unsaturated/α-hetero) is 1. The lowest BCUT2D eigenvalue weighted by molar-refractivity contribution is 0.0921. The third-order valence-corrected chi connectivity index (χ3v) is 3.06. The van der Waals surface area contributed by atoms with Crippen LogP contribution >= 0.6 is 27.5 Å². The molecule has 0 unspecified atom stereocenters. The molecule has 3 nitrogen and oxygen atoms in total. The summed E-state index contributed by atoms with van der Waals surface area (Å²) in [5.41, 5.74) is 0.596. The molecule has 0 saturated carbocycles. The van der Waals surface area contributed by atoms with Gasteiger partial charge in [-0.05, 0) is 24.3 Å². The van der Waals surface area contributed by atoms with Gasteiger partial charge in [0.05, 0.1) is 0 Å². The first-order valence-corrected chi connectivity index (χ1v) is 6.36. The SMILES string of the molecule is O=C(COc1cccnc1Cl)c1ccc(Br)cc1. The number of rotatable bonds is 4. The number of aromatic nitrogens is 1. The van der Waals surface area contributed by atoms with E-state index in [0.29, 0.717) is 11.3 Å². The highest BCUT2D eigenvalue weighted by atomic mass is 79.9. The van der Waals surface area contributed by atoms with E-state index in [1.807, 2.05) is 12.1 Å². The Morgan fingerprint density at radius 3 is 2.67 bits per heavy atom. The average Bonchev–Trinajstić information content (AvgIpc) is 2.38. The summed E-state index contributed by atoms with van der Waals surface area (Å²) in [5.74, 6) is 0.298. The third kappa shape index (κ3) is 3.31. The van der Waals surface area contributed by atoms with Crippen molar-refractivity contribution < 1.29 is 9.53 Å². The molecule has 92 valence electrons. The molecule has 2 aromatic rings. The fraction of sp³-hybridized carbons (Fsp3) is 0.0769. The molecule has 1 aromatic heterocycles. The molecule has 0 aliphatic heterocycles. The monoisotopic (exact) mass is 325 g/mol. The first-order valence-electron chi connectivity index (χ1n) is 5.19. The van der Waals surface area contributed by atoms with Gasteiger partial charge in [0.15, 0.2) is 23.3 Å². The van der Waals surface area contributed by atoms with Crippen molar-refractivity contribution >= 4 is 33.3 Å². The quantitative estimate of drug-likeness (QED) is 0.634. The predicted octanol–water partition coefficient (Wildman–Crippen LogP) is 3.76. The molecule has 0 aliphatic rings. The maximum atomic E-state index is 11.8. The van der Waals surface area contributed by atoms with Crippen molar-refractivity contribution in [1.29, 1.82) is 0 Å². The number of hydrogen-bond donors (Lipinski definition) is 0. The minimum Gasteiger partial charge on any atom is -0.482 e. The number of ether oxygens (including phenoxy) is 1. The molecule has 0 spiro atoms. The zero-order valence-electron chi connectivity index (χ0n) is 9.27. The second-order valence-electron chi connectivity index (χ2n) is 3.51. The summed E-state index contributed by atoms with van der Waals surface area (Å²) in [5, 5.41) is 0.251. The van der Waals surface area contributed by atoms with Crippen LogP contribution in [0.4, 0.5) is 0 Å². The van der Waals surface area contributed by atoms with Crippen molar-refractivity contribution in [2.45, 2.75) is 0 Å². The molecule has 5 heteroatoms. The van der Waals surface area contributed by atoms with Crippen LogP contribution in [-0.2, 0) is 0 Å². The summed E-state index contributed by atoms with van der Waals surface area (Å²) in [6.45, 7) is -0.0625. The molecule has 0 saturated heterocycles. The Labute approximate surface area is 118 Å².